The molecular weight excluding hydrogens is 312 g/mol. The molecule has 1 rings (SSSR count). The third kappa shape index (κ3) is 4.98. The summed E-state index contributed by atoms with van der Waals surface area (Å²) in [5, 5.41) is 14.5. The number of aryl methyl sites for hydroxylation is 1. The fourth-order valence-electron chi connectivity index (χ4n) is 1.76. The first-order valence-corrected chi connectivity index (χ1v) is 7.19. The molecule has 0 aliphatic carbocycles. The lowest BCUT2D eigenvalue weighted by atomic mass is 10.1. The van der Waals surface area contributed by atoms with Crippen molar-refractivity contribution in [2.75, 3.05) is 5.33 Å². The molecule has 1 aromatic carbocycles. The van der Waals surface area contributed by atoms with Crippen LogP contribution in [0.3, 0.4) is 0 Å². The molecule has 0 saturated heterocycles. The fourth-order valence-corrected chi connectivity index (χ4v) is 2.09. The SMILES string of the molecule is Cc1cc(C(=O)NC(C)CCCBr)cc([N+](=O)[O-])c1. The van der Waals surface area contributed by atoms with Gasteiger partial charge in [0.2, 0.25) is 0 Å². The van der Waals surface area contributed by atoms with Crippen molar-refractivity contribution in [2.24, 2.45) is 0 Å². The van der Waals surface area contributed by atoms with Gasteiger partial charge in [-0.05, 0) is 38.3 Å². The van der Waals surface area contributed by atoms with E-state index in [0.717, 1.165) is 18.2 Å². The predicted molar refractivity (Wildman–Crippen MR) is 77.8 cm³/mol. The molecule has 1 aromatic rings. The zero-order valence-corrected chi connectivity index (χ0v) is 12.6. The summed E-state index contributed by atoms with van der Waals surface area (Å²) in [5.74, 6) is -0.270. The van der Waals surface area contributed by atoms with E-state index in [0.29, 0.717) is 11.1 Å². The number of carbonyl (C=O) groups excluding carboxylic acids is 1. The molecule has 0 saturated carbocycles. The van der Waals surface area contributed by atoms with Crippen LogP contribution < -0.4 is 5.32 Å². The first-order valence-electron chi connectivity index (χ1n) is 6.07. The lowest BCUT2D eigenvalue weighted by molar-refractivity contribution is -0.384. The standard InChI is InChI=1S/C13H17BrN2O3/c1-9-6-11(8-12(7-9)16(18)19)13(17)15-10(2)4-3-5-14/h6-8,10H,3-5H2,1-2H3,(H,15,17). The molecule has 6 heteroatoms. The Balaban J connectivity index is 2.79. The Morgan fingerprint density at radius 2 is 2.16 bits per heavy atom. The summed E-state index contributed by atoms with van der Waals surface area (Å²) in [6, 6.07) is 4.45. The molecule has 0 fully saturated rings. The highest BCUT2D eigenvalue weighted by Crippen LogP contribution is 2.17. The van der Waals surface area contributed by atoms with E-state index in [1.165, 1.54) is 12.1 Å². The molecule has 0 bridgehead atoms. The van der Waals surface area contributed by atoms with E-state index < -0.39 is 4.92 Å². The average molecular weight is 329 g/mol. The van der Waals surface area contributed by atoms with Crippen LogP contribution in [0.5, 0.6) is 0 Å². The molecule has 19 heavy (non-hydrogen) atoms. The van der Waals surface area contributed by atoms with Crippen LogP contribution in [0.4, 0.5) is 5.69 Å². The van der Waals surface area contributed by atoms with Gasteiger partial charge in [-0.1, -0.05) is 15.9 Å². The Morgan fingerprint density at radius 3 is 2.74 bits per heavy atom. The summed E-state index contributed by atoms with van der Waals surface area (Å²) in [6.07, 6.45) is 1.83. The van der Waals surface area contributed by atoms with E-state index >= 15 is 0 Å². The van der Waals surface area contributed by atoms with Gasteiger partial charge in [0.25, 0.3) is 11.6 Å². The lowest BCUT2D eigenvalue weighted by Gasteiger charge is -2.13. The third-order valence-electron chi connectivity index (χ3n) is 2.68. The molecule has 1 unspecified atom stereocenters. The molecule has 1 amide bonds. The topological polar surface area (TPSA) is 72.2 Å². The number of non-ortho nitro benzene ring substituents is 1. The number of carbonyl (C=O) groups is 1. The second-order valence-electron chi connectivity index (χ2n) is 4.52. The minimum atomic E-state index is -0.488. The molecule has 1 N–H and O–H groups in total. The number of benzene rings is 1. The van der Waals surface area contributed by atoms with Gasteiger partial charge in [0, 0.05) is 29.1 Å². The molecule has 104 valence electrons. The lowest BCUT2D eigenvalue weighted by Crippen LogP contribution is -2.32. The maximum absolute atomic E-state index is 12.0. The van der Waals surface area contributed by atoms with Gasteiger partial charge >= 0.3 is 0 Å². The summed E-state index contributed by atoms with van der Waals surface area (Å²) in [4.78, 5) is 22.3. The molecule has 1 atom stereocenters. The van der Waals surface area contributed by atoms with Gasteiger partial charge in [-0.3, -0.25) is 14.9 Å². The zero-order chi connectivity index (χ0) is 14.4. The fraction of sp³-hybridized carbons (Fsp3) is 0.462. The number of nitrogens with one attached hydrogen (secondary N) is 1. The van der Waals surface area contributed by atoms with E-state index in [4.69, 9.17) is 0 Å². The summed E-state index contributed by atoms with van der Waals surface area (Å²) in [6.45, 7) is 3.66. The van der Waals surface area contributed by atoms with Gasteiger partial charge < -0.3 is 5.32 Å². The molecule has 0 aliphatic rings. The highest BCUT2D eigenvalue weighted by molar-refractivity contribution is 9.09. The number of hydrogen-bond acceptors (Lipinski definition) is 3. The Hall–Kier alpha value is -1.43. The van der Waals surface area contributed by atoms with Crippen molar-refractivity contribution < 1.29 is 9.72 Å². The third-order valence-corrected chi connectivity index (χ3v) is 3.24. The van der Waals surface area contributed by atoms with Crippen molar-refractivity contribution in [3.8, 4) is 0 Å². The minimum absolute atomic E-state index is 0.0459. The number of alkyl halides is 1. The highest BCUT2D eigenvalue weighted by Gasteiger charge is 2.14. The number of hydrogen-bond donors (Lipinski definition) is 1. The number of amides is 1. The van der Waals surface area contributed by atoms with Crippen LogP contribution in [-0.2, 0) is 0 Å². The number of halogens is 1. The normalized spacial score (nSPS) is 11.9. The van der Waals surface area contributed by atoms with Crippen LogP contribution in [-0.4, -0.2) is 22.2 Å². The maximum Gasteiger partial charge on any atom is 0.270 e. The first kappa shape index (κ1) is 15.6. The van der Waals surface area contributed by atoms with Gasteiger partial charge in [-0.25, -0.2) is 0 Å². The second kappa shape index (κ2) is 7.23. The summed E-state index contributed by atoms with van der Waals surface area (Å²) < 4.78 is 0. The van der Waals surface area contributed by atoms with E-state index in [2.05, 4.69) is 21.2 Å². The number of nitro benzene ring substituents is 1. The van der Waals surface area contributed by atoms with Crippen molar-refractivity contribution in [1.29, 1.82) is 0 Å². The average Bonchev–Trinajstić information content (AvgIpc) is 2.35. The molecule has 0 heterocycles. The van der Waals surface area contributed by atoms with Crippen molar-refractivity contribution >= 4 is 27.5 Å². The van der Waals surface area contributed by atoms with Gasteiger partial charge in [-0.15, -0.1) is 0 Å². The van der Waals surface area contributed by atoms with Crippen LogP contribution in [0.15, 0.2) is 18.2 Å². The van der Waals surface area contributed by atoms with Crippen molar-refractivity contribution in [1.82, 2.24) is 5.32 Å². The van der Waals surface area contributed by atoms with E-state index in [1.54, 1.807) is 13.0 Å². The van der Waals surface area contributed by atoms with Crippen molar-refractivity contribution in [2.45, 2.75) is 32.7 Å². The summed E-state index contributed by atoms with van der Waals surface area (Å²) in [7, 11) is 0. The van der Waals surface area contributed by atoms with Gasteiger partial charge in [0.1, 0.15) is 0 Å². The Labute approximate surface area is 120 Å². The Kier molecular flexibility index (Phi) is 5.95. The molecular formula is C13H17BrN2O3. The second-order valence-corrected chi connectivity index (χ2v) is 5.31. The van der Waals surface area contributed by atoms with Crippen LogP contribution >= 0.6 is 15.9 Å². The largest absolute Gasteiger partial charge is 0.350 e. The molecule has 5 nitrogen and oxygen atoms in total. The van der Waals surface area contributed by atoms with Crippen molar-refractivity contribution in [3.05, 3.63) is 39.4 Å². The Bertz CT molecular complexity index is 477. The Morgan fingerprint density at radius 1 is 1.47 bits per heavy atom. The van der Waals surface area contributed by atoms with Crippen LogP contribution in [0.2, 0.25) is 0 Å². The van der Waals surface area contributed by atoms with E-state index in [9.17, 15) is 14.9 Å². The first-order chi connectivity index (χ1) is 8.93. The van der Waals surface area contributed by atoms with Crippen LogP contribution in [0.1, 0.15) is 35.7 Å². The maximum atomic E-state index is 12.0. The van der Waals surface area contributed by atoms with Crippen LogP contribution in [0.25, 0.3) is 0 Å². The van der Waals surface area contributed by atoms with Gasteiger partial charge in [-0.2, -0.15) is 0 Å². The molecule has 0 radical (unpaired) electrons. The summed E-state index contributed by atoms with van der Waals surface area (Å²) in [5.41, 5.74) is 0.975. The zero-order valence-electron chi connectivity index (χ0n) is 11.0. The van der Waals surface area contributed by atoms with Crippen LogP contribution in [0, 0.1) is 17.0 Å². The number of nitro groups is 1. The smallest absolute Gasteiger partial charge is 0.270 e. The summed E-state index contributed by atoms with van der Waals surface area (Å²) >= 11 is 3.34. The predicted octanol–water partition coefficient (Wildman–Crippen LogP) is 3.20. The van der Waals surface area contributed by atoms with Gasteiger partial charge in [0.05, 0.1) is 4.92 Å². The quantitative estimate of drug-likeness (QED) is 0.495. The molecule has 0 aliphatic heterocycles. The number of nitrogens with zero attached hydrogens (tertiary/aromatic N) is 1. The minimum Gasteiger partial charge on any atom is -0.350 e. The van der Waals surface area contributed by atoms with Crippen molar-refractivity contribution in [3.63, 3.8) is 0 Å². The molecule has 0 aromatic heterocycles. The number of rotatable bonds is 6. The molecule has 0 spiro atoms. The van der Waals surface area contributed by atoms with Gasteiger partial charge in [0.15, 0.2) is 0 Å². The highest BCUT2D eigenvalue weighted by atomic mass is 79.9. The monoisotopic (exact) mass is 328 g/mol. The van der Waals surface area contributed by atoms with E-state index in [1.807, 2.05) is 6.92 Å². The van der Waals surface area contributed by atoms with E-state index in [-0.39, 0.29) is 17.6 Å².